The van der Waals surface area contributed by atoms with Crippen molar-refractivity contribution in [3.05, 3.63) is 0 Å². The normalized spacial score (nSPS) is 10.7. The Bertz CT molecular complexity index is 292. The first kappa shape index (κ1) is 30.2. The number of aliphatic carboxylic acids is 1. The molecule has 27 heavy (non-hydrogen) atoms. The monoisotopic (exact) mass is 508 g/mol. The maximum Gasteiger partial charge on any atom is 2.00 e. The van der Waals surface area contributed by atoms with Gasteiger partial charge in [0.2, 0.25) is 0 Å². The van der Waals surface area contributed by atoms with Crippen molar-refractivity contribution in [2.24, 2.45) is 0 Å². The van der Waals surface area contributed by atoms with E-state index in [1.807, 2.05) is 0 Å². The number of carboxylic acid groups (broad SMARTS) is 1. The molecule has 0 aliphatic heterocycles. The Labute approximate surface area is 214 Å². The fraction of sp³-hybridized carbons (Fsp3) is 0.958. The van der Waals surface area contributed by atoms with E-state index in [9.17, 15) is 4.79 Å². The molecule has 0 amide bonds. The van der Waals surface area contributed by atoms with E-state index in [1.54, 1.807) is 0 Å². The van der Waals surface area contributed by atoms with Gasteiger partial charge in [-0.1, -0.05) is 135 Å². The van der Waals surface area contributed by atoms with E-state index >= 15 is 0 Å². The van der Waals surface area contributed by atoms with Crippen molar-refractivity contribution in [1.29, 1.82) is 0 Å². The van der Waals surface area contributed by atoms with Gasteiger partial charge in [-0.05, 0) is 6.42 Å². The number of rotatable bonds is 22. The van der Waals surface area contributed by atoms with Crippen molar-refractivity contribution in [2.45, 2.75) is 148 Å². The van der Waals surface area contributed by atoms with E-state index in [0.29, 0.717) is 6.42 Å². The van der Waals surface area contributed by atoms with Gasteiger partial charge in [0, 0.05) is 6.42 Å². The van der Waals surface area contributed by atoms with Crippen molar-refractivity contribution in [1.82, 2.24) is 0 Å². The molecule has 160 valence electrons. The predicted octanol–water partition coefficient (Wildman–Crippen LogP) is 8.52. The quantitative estimate of drug-likeness (QED) is 0.118. The molecule has 0 aromatic rings. The third-order valence-electron chi connectivity index (χ3n) is 5.49. The summed E-state index contributed by atoms with van der Waals surface area (Å²) in [4.78, 5) is 10.4. The van der Waals surface area contributed by atoms with Gasteiger partial charge in [-0.2, -0.15) is 0 Å². The Morgan fingerprint density at radius 1 is 0.519 bits per heavy atom. The summed E-state index contributed by atoms with van der Waals surface area (Å²) in [6.07, 6.45) is 29.1. The summed E-state index contributed by atoms with van der Waals surface area (Å²) < 4.78 is 0. The summed E-state index contributed by atoms with van der Waals surface area (Å²) in [5.74, 6) is -0.650. The topological polar surface area (TPSA) is 37.3 Å². The molecule has 0 fully saturated rings. The zero-order valence-corrected chi connectivity index (χ0v) is 23.1. The number of hydrogen-bond donors (Lipinski definition) is 1. The van der Waals surface area contributed by atoms with Gasteiger partial charge in [-0.15, -0.1) is 0 Å². The third kappa shape index (κ3) is 29.3. The minimum atomic E-state index is -0.650. The Morgan fingerprint density at radius 3 is 0.963 bits per heavy atom. The maximum atomic E-state index is 10.4. The summed E-state index contributed by atoms with van der Waals surface area (Å²) in [7, 11) is 0. The molecule has 0 aromatic heterocycles. The Balaban J connectivity index is -0.00000104. The average molecular weight is 508 g/mol. The van der Waals surface area contributed by atoms with Gasteiger partial charge >= 0.3 is 54.9 Å². The molecule has 0 radical (unpaired) electrons. The third-order valence-corrected chi connectivity index (χ3v) is 5.49. The molecule has 0 aliphatic rings. The second-order valence-electron chi connectivity index (χ2n) is 8.21. The van der Waals surface area contributed by atoms with Crippen LogP contribution < -0.4 is 0 Å². The van der Waals surface area contributed by atoms with Gasteiger partial charge in [0.25, 0.3) is 0 Å². The Hall–Kier alpha value is 1.04. The molecular formula is C24H50BaO2. The molecular weight excluding hydrogens is 458 g/mol. The van der Waals surface area contributed by atoms with Crippen LogP contribution in [0.2, 0.25) is 0 Å². The summed E-state index contributed by atoms with van der Waals surface area (Å²) in [5, 5.41) is 8.57. The SMILES string of the molecule is CCCCCCCCCCCCCCCCCCCCCCCC(=O)O.[Ba+2].[H-].[H-]. The van der Waals surface area contributed by atoms with E-state index in [2.05, 4.69) is 6.92 Å². The molecule has 0 spiro atoms. The van der Waals surface area contributed by atoms with Crippen molar-refractivity contribution < 1.29 is 12.8 Å². The summed E-state index contributed by atoms with van der Waals surface area (Å²) in [5.41, 5.74) is 0. The average Bonchev–Trinajstić information content (AvgIpc) is 2.62. The van der Waals surface area contributed by atoms with Gasteiger partial charge in [-0.3, -0.25) is 4.79 Å². The number of hydrogen-bond acceptors (Lipinski definition) is 1. The molecule has 3 heteroatoms. The van der Waals surface area contributed by atoms with Crippen molar-refractivity contribution >= 4 is 54.9 Å². The molecule has 0 saturated carbocycles. The fourth-order valence-corrected chi connectivity index (χ4v) is 3.71. The molecule has 0 bridgehead atoms. The molecule has 1 N–H and O–H groups in total. The molecule has 0 rings (SSSR count). The number of carboxylic acids is 1. The van der Waals surface area contributed by atoms with Crippen molar-refractivity contribution in [3.63, 3.8) is 0 Å². The van der Waals surface area contributed by atoms with Gasteiger partial charge in [-0.25, -0.2) is 0 Å². The van der Waals surface area contributed by atoms with E-state index in [4.69, 9.17) is 5.11 Å². The summed E-state index contributed by atoms with van der Waals surface area (Å²) in [6, 6.07) is 0. The standard InChI is InChI=1S/C24H48O2.Ba.2H/c1-2-3-4-5-6-7-8-9-10-11-12-13-14-15-16-17-18-19-20-21-22-23-24(25)26;;;/h2-23H2,1H3,(H,25,26);;;/q;+2;2*-1. The molecule has 0 heterocycles. The smallest absolute Gasteiger partial charge is 1.00 e. The predicted molar refractivity (Wildman–Crippen MR) is 123 cm³/mol. The first-order valence-corrected chi connectivity index (χ1v) is 12.0. The molecule has 0 aliphatic carbocycles. The zero-order chi connectivity index (χ0) is 19.1. The molecule has 0 saturated heterocycles. The van der Waals surface area contributed by atoms with Crippen molar-refractivity contribution in [3.8, 4) is 0 Å². The van der Waals surface area contributed by atoms with E-state index in [-0.39, 0.29) is 51.7 Å². The Kier molecular flexibility index (Phi) is 30.3. The minimum absolute atomic E-state index is 0. The van der Waals surface area contributed by atoms with Crippen molar-refractivity contribution in [2.75, 3.05) is 0 Å². The van der Waals surface area contributed by atoms with Gasteiger partial charge < -0.3 is 7.96 Å². The van der Waals surface area contributed by atoms with Crippen LogP contribution in [0.15, 0.2) is 0 Å². The van der Waals surface area contributed by atoms with Crippen LogP contribution in [0.1, 0.15) is 151 Å². The first-order valence-electron chi connectivity index (χ1n) is 12.0. The van der Waals surface area contributed by atoms with Crippen LogP contribution >= 0.6 is 0 Å². The van der Waals surface area contributed by atoms with E-state index < -0.39 is 5.97 Å². The van der Waals surface area contributed by atoms with Crippen LogP contribution in [0.5, 0.6) is 0 Å². The van der Waals surface area contributed by atoms with Crippen LogP contribution in [0.3, 0.4) is 0 Å². The molecule has 0 unspecified atom stereocenters. The molecule has 0 aromatic carbocycles. The molecule has 2 nitrogen and oxygen atoms in total. The summed E-state index contributed by atoms with van der Waals surface area (Å²) >= 11 is 0. The minimum Gasteiger partial charge on any atom is -1.00 e. The van der Waals surface area contributed by atoms with Crippen LogP contribution in [-0.4, -0.2) is 60.0 Å². The van der Waals surface area contributed by atoms with Gasteiger partial charge in [0.05, 0.1) is 0 Å². The zero-order valence-electron chi connectivity index (χ0n) is 20.6. The van der Waals surface area contributed by atoms with Crippen LogP contribution in [0.25, 0.3) is 0 Å². The van der Waals surface area contributed by atoms with Gasteiger partial charge in [0.1, 0.15) is 0 Å². The van der Waals surface area contributed by atoms with Crippen LogP contribution in [0, 0.1) is 0 Å². The van der Waals surface area contributed by atoms with Gasteiger partial charge in [0.15, 0.2) is 0 Å². The van der Waals surface area contributed by atoms with Crippen LogP contribution in [0.4, 0.5) is 0 Å². The largest absolute Gasteiger partial charge is 2.00 e. The number of carbonyl (C=O) groups is 1. The second kappa shape index (κ2) is 27.0. The van der Waals surface area contributed by atoms with E-state index in [0.717, 1.165) is 12.8 Å². The fourth-order valence-electron chi connectivity index (χ4n) is 3.71. The number of unbranched alkanes of at least 4 members (excludes halogenated alkanes) is 20. The first-order chi connectivity index (χ1) is 12.8. The second-order valence-corrected chi connectivity index (χ2v) is 8.21. The Morgan fingerprint density at radius 2 is 0.741 bits per heavy atom. The van der Waals surface area contributed by atoms with Crippen LogP contribution in [-0.2, 0) is 4.79 Å². The maximum absolute atomic E-state index is 10.4. The molecule has 0 atom stereocenters. The van der Waals surface area contributed by atoms with E-state index in [1.165, 1.54) is 122 Å². The summed E-state index contributed by atoms with van der Waals surface area (Å²) in [6.45, 7) is 2.29.